The summed E-state index contributed by atoms with van der Waals surface area (Å²) in [6.07, 6.45) is -3.03. The van der Waals surface area contributed by atoms with Gasteiger partial charge in [0.1, 0.15) is 11.6 Å². The van der Waals surface area contributed by atoms with Gasteiger partial charge in [-0.15, -0.1) is 5.10 Å². The molecule has 0 saturated carbocycles. The minimum Gasteiger partial charge on any atom is -0.497 e. The maximum atomic E-state index is 12.8. The van der Waals surface area contributed by atoms with Gasteiger partial charge in [0.05, 0.1) is 18.4 Å². The number of rotatable bonds is 4. The van der Waals surface area contributed by atoms with E-state index >= 15 is 0 Å². The number of hydrogen-bond donors (Lipinski definition) is 1. The van der Waals surface area contributed by atoms with Crippen molar-refractivity contribution in [3.63, 3.8) is 0 Å². The Morgan fingerprint density at radius 3 is 2.44 bits per heavy atom. The van der Waals surface area contributed by atoms with Crippen LogP contribution in [0.2, 0.25) is 0 Å². The zero-order chi connectivity index (χ0) is 22.9. The van der Waals surface area contributed by atoms with E-state index in [9.17, 15) is 22.8 Å². The van der Waals surface area contributed by atoms with E-state index in [2.05, 4.69) is 10.1 Å². The molecule has 1 aliphatic rings. The molecule has 0 bridgehead atoms. The molecule has 1 aliphatic heterocycles. The molecule has 4 rings (SSSR count). The van der Waals surface area contributed by atoms with Crippen LogP contribution in [0.5, 0.6) is 5.75 Å². The van der Waals surface area contributed by atoms with Crippen molar-refractivity contribution in [3.05, 3.63) is 76.0 Å². The molecule has 1 aromatic heterocycles. The van der Waals surface area contributed by atoms with Gasteiger partial charge in [0.25, 0.3) is 5.91 Å². The summed E-state index contributed by atoms with van der Waals surface area (Å²) in [4.78, 5) is 29.6. The molecule has 2 heterocycles. The van der Waals surface area contributed by atoms with Crippen molar-refractivity contribution in [1.82, 2.24) is 19.7 Å². The minimum absolute atomic E-state index is 0.186. The highest BCUT2D eigenvalue weighted by atomic mass is 19.4. The predicted octanol–water partition coefficient (Wildman–Crippen LogP) is 3.61. The van der Waals surface area contributed by atoms with E-state index in [-0.39, 0.29) is 17.4 Å². The summed E-state index contributed by atoms with van der Waals surface area (Å²) in [5, 5.41) is 4.41. The predicted molar refractivity (Wildman–Crippen MR) is 110 cm³/mol. The number of likely N-dealkylation sites (tertiary alicyclic amines) is 1. The first-order valence-corrected chi connectivity index (χ1v) is 10.1. The molecular weight excluding hydrogens is 425 g/mol. The normalized spacial score (nSPS) is 16.8. The third-order valence-electron chi connectivity index (χ3n) is 5.51. The van der Waals surface area contributed by atoms with E-state index in [0.29, 0.717) is 36.8 Å². The van der Waals surface area contributed by atoms with Crippen molar-refractivity contribution >= 4 is 5.91 Å². The number of hydrogen-bond acceptors (Lipinski definition) is 4. The number of nitrogens with one attached hydrogen (secondary N) is 1. The van der Waals surface area contributed by atoms with Gasteiger partial charge in [-0.1, -0.05) is 0 Å². The summed E-state index contributed by atoms with van der Waals surface area (Å²) in [6.45, 7) is 0.801. The maximum absolute atomic E-state index is 12.8. The number of H-pyrrole nitrogens is 1. The van der Waals surface area contributed by atoms with E-state index in [1.54, 1.807) is 36.3 Å². The number of halogens is 3. The van der Waals surface area contributed by atoms with E-state index in [1.807, 2.05) is 0 Å². The zero-order valence-corrected chi connectivity index (χ0v) is 17.2. The number of methoxy groups -OCH3 is 1. The first-order chi connectivity index (χ1) is 15.3. The second kappa shape index (κ2) is 8.52. The summed E-state index contributed by atoms with van der Waals surface area (Å²) in [7, 11) is 1.55. The van der Waals surface area contributed by atoms with Crippen LogP contribution < -0.4 is 10.4 Å². The van der Waals surface area contributed by atoms with Crippen LogP contribution in [0.4, 0.5) is 13.2 Å². The van der Waals surface area contributed by atoms with Gasteiger partial charge in [0.15, 0.2) is 0 Å². The lowest BCUT2D eigenvalue weighted by Crippen LogP contribution is -2.39. The van der Waals surface area contributed by atoms with Crippen LogP contribution in [0.15, 0.2) is 53.3 Å². The third kappa shape index (κ3) is 4.39. The Bertz CT molecular complexity index is 1150. The maximum Gasteiger partial charge on any atom is 0.416 e. The number of nitrogens with zero attached hydrogens (tertiary/aromatic N) is 3. The standard InChI is InChI=1S/C22H21F3N4O3/c1-32-18-10-8-17(9-11-18)29-21(31)26-19(27-29)15-3-2-12-28(13-15)20(30)14-4-6-16(7-5-14)22(23,24)25/h4-11,15H,2-3,12-13H2,1H3,(H,26,27,31). The number of amides is 1. The molecule has 7 nitrogen and oxygen atoms in total. The largest absolute Gasteiger partial charge is 0.497 e. The van der Waals surface area contributed by atoms with Gasteiger partial charge in [-0.05, 0) is 61.4 Å². The Labute approximate surface area is 181 Å². The van der Waals surface area contributed by atoms with Crippen molar-refractivity contribution in [2.24, 2.45) is 0 Å². The molecular formula is C22H21F3N4O3. The van der Waals surface area contributed by atoms with Crippen molar-refractivity contribution in [3.8, 4) is 11.4 Å². The molecule has 1 fully saturated rings. The van der Waals surface area contributed by atoms with Crippen molar-refractivity contribution in [1.29, 1.82) is 0 Å². The summed E-state index contributed by atoms with van der Waals surface area (Å²) in [5.74, 6) is 0.590. The molecule has 1 atom stereocenters. The van der Waals surface area contributed by atoms with Crippen LogP contribution in [-0.2, 0) is 6.18 Å². The molecule has 3 aromatic rings. The summed E-state index contributed by atoms with van der Waals surface area (Å²) >= 11 is 0. The fourth-order valence-corrected chi connectivity index (χ4v) is 3.79. The van der Waals surface area contributed by atoms with E-state index in [0.717, 1.165) is 18.6 Å². The van der Waals surface area contributed by atoms with Crippen LogP contribution in [-0.4, -0.2) is 45.8 Å². The van der Waals surface area contributed by atoms with Gasteiger partial charge in [-0.25, -0.2) is 4.79 Å². The second-order valence-corrected chi connectivity index (χ2v) is 7.59. The number of aromatic amines is 1. The Balaban J connectivity index is 1.50. The van der Waals surface area contributed by atoms with Gasteiger partial charge in [0.2, 0.25) is 0 Å². The lowest BCUT2D eigenvalue weighted by molar-refractivity contribution is -0.137. The molecule has 1 saturated heterocycles. The zero-order valence-electron chi connectivity index (χ0n) is 17.2. The Morgan fingerprint density at radius 2 is 1.81 bits per heavy atom. The van der Waals surface area contributed by atoms with Gasteiger partial charge >= 0.3 is 11.9 Å². The quantitative estimate of drug-likeness (QED) is 0.664. The molecule has 168 valence electrons. The highest BCUT2D eigenvalue weighted by Crippen LogP contribution is 2.30. The number of aromatic nitrogens is 3. The lowest BCUT2D eigenvalue weighted by Gasteiger charge is -2.31. The fraction of sp³-hybridized carbons (Fsp3) is 0.318. The van der Waals surface area contributed by atoms with E-state index < -0.39 is 17.4 Å². The summed E-state index contributed by atoms with van der Waals surface area (Å²) in [6, 6.07) is 11.1. The second-order valence-electron chi connectivity index (χ2n) is 7.59. The molecule has 0 aliphatic carbocycles. The summed E-state index contributed by atoms with van der Waals surface area (Å²) in [5.41, 5.74) is -0.425. The number of carbonyl (C=O) groups is 1. The van der Waals surface area contributed by atoms with E-state index in [4.69, 9.17) is 4.74 Å². The van der Waals surface area contributed by atoms with Crippen LogP contribution in [0, 0.1) is 0 Å². The third-order valence-corrected chi connectivity index (χ3v) is 5.51. The number of ether oxygens (including phenoxy) is 1. The number of benzene rings is 2. The monoisotopic (exact) mass is 446 g/mol. The average Bonchev–Trinajstić information content (AvgIpc) is 3.20. The molecule has 10 heteroatoms. The molecule has 1 amide bonds. The van der Waals surface area contributed by atoms with Gasteiger partial charge < -0.3 is 9.64 Å². The average molecular weight is 446 g/mol. The Kier molecular flexibility index (Phi) is 5.77. The minimum atomic E-state index is -4.45. The van der Waals surface area contributed by atoms with Crippen LogP contribution in [0.25, 0.3) is 5.69 Å². The van der Waals surface area contributed by atoms with Gasteiger partial charge in [0, 0.05) is 24.6 Å². The Hall–Kier alpha value is -3.56. The van der Waals surface area contributed by atoms with E-state index in [1.165, 1.54) is 16.8 Å². The SMILES string of the molecule is COc1ccc(-n2nc(C3CCCN(C(=O)c4ccc(C(F)(F)F)cc4)C3)[nH]c2=O)cc1. The fourth-order valence-electron chi connectivity index (χ4n) is 3.79. The lowest BCUT2D eigenvalue weighted by atomic mass is 9.96. The van der Waals surface area contributed by atoms with Crippen molar-refractivity contribution < 1.29 is 22.7 Å². The number of alkyl halides is 3. The smallest absolute Gasteiger partial charge is 0.416 e. The van der Waals surface area contributed by atoms with Gasteiger partial charge in [-0.3, -0.25) is 9.78 Å². The highest BCUT2D eigenvalue weighted by molar-refractivity contribution is 5.94. The highest BCUT2D eigenvalue weighted by Gasteiger charge is 2.31. The molecule has 1 unspecified atom stereocenters. The summed E-state index contributed by atoms with van der Waals surface area (Å²) < 4.78 is 44.7. The van der Waals surface area contributed by atoms with Crippen LogP contribution >= 0.6 is 0 Å². The number of piperidine rings is 1. The molecule has 0 radical (unpaired) electrons. The molecule has 2 aromatic carbocycles. The van der Waals surface area contributed by atoms with Crippen molar-refractivity contribution in [2.75, 3.05) is 20.2 Å². The first-order valence-electron chi connectivity index (χ1n) is 10.1. The van der Waals surface area contributed by atoms with Crippen LogP contribution in [0.3, 0.4) is 0 Å². The van der Waals surface area contributed by atoms with Gasteiger partial charge in [-0.2, -0.15) is 17.9 Å². The van der Waals surface area contributed by atoms with Crippen molar-refractivity contribution in [2.45, 2.75) is 24.9 Å². The first kappa shape index (κ1) is 21.7. The Morgan fingerprint density at radius 1 is 1.12 bits per heavy atom. The van der Waals surface area contributed by atoms with Crippen LogP contribution in [0.1, 0.15) is 40.5 Å². The number of carbonyl (C=O) groups excluding carboxylic acids is 1. The topological polar surface area (TPSA) is 80.2 Å². The molecule has 32 heavy (non-hydrogen) atoms. The molecule has 0 spiro atoms. The molecule has 1 N–H and O–H groups in total.